The van der Waals surface area contributed by atoms with E-state index in [-0.39, 0.29) is 37.3 Å². The third kappa shape index (κ3) is 3.76. The molecule has 0 bridgehead atoms. The molecule has 12 heteroatoms. The van der Waals surface area contributed by atoms with Gasteiger partial charge < -0.3 is 4.90 Å². The van der Waals surface area contributed by atoms with Crippen LogP contribution in [0.25, 0.3) is 0 Å². The number of rotatable bonds is 5. The minimum atomic E-state index is -4.14. The summed E-state index contributed by atoms with van der Waals surface area (Å²) in [7, 11) is -4.14. The number of hydrogen-bond donors (Lipinski definition) is 0. The van der Waals surface area contributed by atoms with Crippen LogP contribution < -0.4 is 0 Å². The molecule has 172 valence electrons. The second kappa shape index (κ2) is 8.37. The van der Waals surface area contributed by atoms with Gasteiger partial charge in [0, 0.05) is 32.2 Å². The molecule has 0 N–H and O–H groups in total. The highest BCUT2D eigenvalue weighted by molar-refractivity contribution is 7.89. The quantitative estimate of drug-likeness (QED) is 0.361. The zero-order chi connectivity index (χ0) is 23.9. The number of hydrogen-bond acceptors (Lipinski definition) is 7. The number of piperazine rings is 1. The van der Waals surface area contributed by atoms with E-state index in [1.165, 1.54) is 42.2 Å². The van der Waals surface area contributed by atoms with E-state index in [9.17, 15) is 32.9 Å². The number of carbonyl (C=O) groups is 3. The molecule has 2 aliphatic rings. The fraction of sp³-hybridized carbons (Fsp3) is 0.286. The van der Waals surface area contributed by atoms with Crippen molar-refractivity contribution in [2.45, 2.75) is 17.9 Å². The third-order valence-corrected chi connectivity index (χ3v) is 7.75. The van der Waals surface area contributed by atoms with Gasteiger partial charge in [0.15, 0.2) is 4.90 Å². The van der Waals surface area contributed by atoms with Crippen molar-refractivity contribution in [1.82, 2.24) is 14.1 Å². The van der Waals surface area contributed by atoms with Crippen LogP contribution in [0.4, 0.5) is 5.69 Å². The van der Waals surface area contributed by atoms with Crippen molar-refractivity contribution in [1.29, 1.82) is 0 Å². The minimum Gasteiger partial charge on any atom is -0.338 e. The lowest BCUT2D eigenvalue weighted by Gasteiger charge is -2.36. The summed E-state index contributed by atoms with van der Waals surface area (Å²) < 4.78 is 27.0. The Bertz CT molecular complexity index is 1230. The van der Waals surface area contributed by atoms with Crippen molar-refractivity contribution in [3.05, 3.63) is 69.8 Å². The van der Waals surface area contributed by atoms with Gasteiger partial charge in [-0.05, 0) is 25.1 Å². The molecule has 1 unspecified atom stereocenters. The monoisotopic (exact) mass is 472 g/mol. The summed E-state index contributed by atoms with van der Waals surface area (Å²) in [5, 5.41) is 11.2. The number of nitro groups is 1. The van der Waals surface area contributed by atoms with Gasteiger partial charge in [0.25, 0.3) is 17.5 Å². The van der Waals surface area contributed by atoms with Crippen LogP contribution in [0, 0.1) is 10.1 Å². The number of nitrogens with zero attached hydrogens (tertiary/aromatic N) is 4. The van der Waals surface area contributed by atoms with Crippen molar-refractivity contribution in [2.24, 2.45) is 0 Å². The molecule has 1 fully saturated rings. The van der Waals surface area contributed by atoms with Gasteiger partial charge in [-0.15, -0.1) is 0 Å². The summed E-state index contributed by atoms with van der Waals surface area (Å²) in [6.07, 6.45) is 0. The third-order valence-electron chi connectivity index (χ3n) is 5.80. The van der Waals surface area contributed by atoms with Gasteiger partial charge in [-0.3, -0.25) is 29.4 Å². The first-order chi connectivity index (χ1) is 15.6. The number of carbonyl (C=O) groups excluding carboxylic acids is 3. The van der Waals surface area contributed by atoms with E-state index in [1.54, 1.807) is 12.1 Å². The van der Waals surface area contributed by atoms with Crippen LogP contribution in [0.15, 0.2) is 53.4 Å². The number of sulfonamides is 1. The van der Waals surface area contributed by atoms with Crippen LogP contribution in [0.3, 0.4) is 0 Å². The molecule has 3 amide bonds. The van der Waals surface area contributed by atoms with E-state index in [0.717, 1.165) is 15.3 Å². The van der Waals surface area contributed by atoms with E-state index >= 15 is 0 Å². The maximum Gasteiger partial charge on any atom is 0.289 e. The number of para-hydroxylation sites is 1. The Labute approximate surface area is 189 Å². The average molecular weight is 472 g/mol. The number of amides is 3. The highest BCUT2D eigenvalue weighted by Crippen LogP contribution is 2.28. The van der Waals surface area contributed by atoms with Gasteiger partial charge in [-0.2, -0.15) is 4.31 Å². The smallest absolute Gasteiger partial charge is 0.289 e. The summed E-state index contributed by atoms with van der Waals surface area (Å²) in [4.78, 5) is 50.7. The van der Waals surface area contributed by atoms with Crippen LogP contribution in [0.5, 0.6) is 0 Å². The van der Waals surface area contributed by atoms with Crippen molar-refractivity contribution in [2.75, 3.05) is 26.2 Å². The lowest BCUT2D eigenvalue weighted by atomic mass is 10.1. The van der Waals surface area contributed by atoms with Gasteiger partial charge in [0.2, 0.25) is 15.9 Å². The fourth-order valence-electron chi connectivity index (χ4n) is 4.05. The fourth-order valence-corrected chi connectivity index (χ4v) is 5.63. The summed E-state index contributed by atoms with van der Waals surface area (Å²) in [6, 6.07) is 10.4. The van der Waals surface area contributed by atoms with Gasteiger partial charge >= 0.3 is 0 Å². The highest BCUT2D eigenvalue weighted by atomic mass is 32.2. The number of imide groups is 1. The molecule has 0 saturated carbocycles. The zero-order valence-corrected chi connectivity index (χ0v) is 18.4. The molecule has 1 atom stereocenters. The van der Waals surface area contributed by atoms with E-state index in [1.807, 2.05) is 0 Å². The lowest BCUT2D eigenvalue weighted by Crippen LogP contribution is -2.56. The molecule has 0 radical (unpaired) electrons. The van der Waals surface area contributed by atoms with Crippen LogP contribution in [-0.4, -0.2) is 77.4 Å². The first-order valence-electron chi connectivity index (χ1n) is 10.1. The Morgan fingerprint density at radius 2 is 1.45 bits per heavy atom. The minimum absolute atomic E-state index is 0.0200. The molecule has 2 heterocycles. The Balaban J connectivity index is 1.46. The Hall–Kier alpha value is -3.64. The molecular formula is C21H20N4O7S. The van der Waals surface area contributed by atoms with E-state index in [2.05, 4.69) is 0 Å². The molecule has 0 spiro atoms. The zero-order valence-electron chi connectivity index (χ0n) is 17.6. The van der Waals surface area contributed by atoms with Crippen molar-refractivity contribution in [3.63, 3.8) is 0 Å². The maximum atomic E-state index is 13.0. The van der Waals surface area contributed by atoms with Gasteiger partial charge in [-0.1, -0.05) is 24.3 Å². The summed E-state index contributed by atoms with van der Waals surface area (Å²) >= 11 is 0. The molecule has 0 aliphatic carbocycles. The predicted molar refractivity (Wildman–Crippen MR) is 115 cm³/mol. The Morgan fingerprint density at radius 1 is 0.939 bits per heavy atom. The van der Waals surface area contributed by atoms with Crippen LogP contribution >= 0.6 is 0 Å². The van der Waals surface area contributed by atoms with E-state index < -0.39 is 49.3 Å². The van der Waals surface area contributed by atoms with Crippen LogP contribution in [0.1, 0.15) is 27.6 Å². The lowest BCUT2D eigenvalue weighted by molar-refractivity contribution is -0.387. The molecule has 2 aromatic rings. The first-order valence-corrected chi connectivity index (χ1v) is 11.6. The number of benzene rings is 2. The van der Waals surface area contributed by atoms with E-state index in [4.69, 9.17) is 0 Å². The Kier molecular flexibility index (Phi) is 5.72. The maximum absolute atomic E-state index is 13.0. The molecule has 0 aromatic heterocycles. The van der Waals surface area contributed by atoms with Crippen molar-refractivity contribution >= 4 is 33.4 Å². The second-order valence-corrected chi connectivity index (χ2v) is 9.56. The standard InChI is InChI=1S/C21H20N4O7S/c1-14(24-20(27)15-6-2-3-7-16(15)21(24)28)19(26)22-10-12-23(13-11-22)33(31,32)18-9-5-4-8-17(18)25(29)30/h2-9,14H,10-13H2,1H3. The van der Waals surface area contributed by atoms with Gasteiger partial charge in [0.1, 0.15) is 6.04 Å². The largest absolute Gasteiger partial charge is 0.338 e. The van der Waals surface area contributed by atoms with Crippen molar-refractivity contribution in [3.8, 4) is 0 Å². The number of fused-ring (bicyclic) bond motifs is 1. The molecule has 2 aliphatic heterocycles. The molecule has 1 saturated heterocycles. The van der Waals surface area contributed by atoms with Crippen molar-refractivity contribution < 1.29 is 27.7 Å². The van der Waals surface area contributed by atoms with E-state index in [0.29, 0.717) is 0 Å². The average Bonchev–Trinajstić information content (AvgIpc) is 3.08. The van der Waals surface area contributed by atoms with Gasteiger partial charge in [-0.25, -0.2) is 8.42 Å². The second-order valence-electron chi connectivity index (χ2n) is 7.66. The van der Waals surface area contributed by atoms with Gasteiger partial charge in [0.05, 0.1) is 16.1 Å². The molecular weight excluding hydrogens is 452 g/mol. The topological polar surface area (TPSA) is 138 Å². The number of nitro benzene ring substituents is 1. The normalized spacial score (nSPS) is 17.7. The first kappa shape index (κ1) is 22.6. The summed E-state index contributed by atoms with van der Waals surface area (Å²) in [5.41, 5.74) is -0.0414. The summed E-state index contributed by atoms with van der Waals surface area (Å²) in [6.45, 7) is 1.35. The summed E-state index contributed by atoms with van der Waals surface area (Å²) in [5.74, 6) is -1.57. The SMILES string of the molecule is CC(C(=O)N1CCN(S(=O)(=O)c2ccccc2[N+](=O)[O-])CC1)N1C(=O)c2ccccc2C1=O. The molecule has 11 nitrogen and oxygen atoms in total. The van der Waals surface area contributed by atoms with Crippen LogP contribution in [-0.2, 0) is 14.8 Å². The predicted octanol–water partition coefficient (Wildman–Crippen LogP) is 1.11. The molecule has 2 aromatic carbocycles. The Morgan fingerprint density at radius 3 is 2.00 bits per heavy atom. The van der Waals surface area contributed by atoms with Crippen LogP contribution in [0.2, 0.25) is 0 Å². The molecule has 4 rings (SSSR count). The molecule has 33 heavy (non-hydrogen) atoms. The highest BCUT2D eigenvalue weighted by Gasteiger charge is 2.42.